The summed E-state index contributed by atoms with van der Waals surface area (Å²) in [6, 6.07) is 35.4. The third kappa shape index (κ3) is 8.99. The number of imidazole rings is 2. The second kappa shape index (κ2) is 17.1. The van der Waals surface area contributed by atoms with E-state index in [0.29, 0.717) is 11.8 Å². The molecule has 50 heavy (non-hydrogen) atoms. The fraction of sp³-hybridized carbons (Fsp3) is 0.302. The molecule has 6 aromatic rings. The summed E-state index contributed by atoms with van der Waals surface area (Å²) in [6.07, 6.45) is 7.99. The van der Waals surface area contributed by atoms with Gasteiger partial charge < -0.3 is 4.57 Å². The molecule has 6 rings (SSSR count). The van der Waals surface area contributed by atoms with Gasteiger partial charge in [-0.3, -0.25) is 9.55 Å². The molecule has 7 heteroatoms. The Morgan fingerprint density at radius 3 is 1.46 bits per heavy atom. The van der Waals surface area contributed by atoms with E-state index >= 15 is 0 Å². The van der Waals surface area contributed by atoms with Gasteiger partial charge in [-0.2, -0.15) is 0 Å². The first kappa shape index (κ1) is 40.8. The molecule has 0 N–H and O–H groups in total. The molecule has 0 bridgehead atoms. The number of rotatable bonds is 8. The fourth-order valence-corrected chi connectivity index (χ4v) is 9.45. The summed E-state index contributed by atoms with van der Waals surface area (Å²) >= 11 is 0. The molecule has 0 saturated heterocycles. The first-order valence-corrected chi connectivity index (χ1v) is 24.2. The molecule has 4 nitrogen and oxygen atoms in total. The van der Waals surface area contributed by atoms with Crippen LogP contribution in [0, 0.1) is 6.07 Å². The van der Waals surface area contributed by atoms with Gasteiger partial charge in [-0.15, -0.1) is 35.9 Å². The van der Waals surface area contributed by atoms with Gasteiger partial charge in [0.1, 0.15) is 5.82 Å². The third-order valence-corrected chi connectivity index (χ3v) is 12.8. The van der Waals surface area contributed by atoms with Crippen molar-refractivity contribution in [1.29, 1.82) is 0 Å². The van der Waals surface area contributed by atoms with Gasteiger partial charge in [-0.1, -0.05) is 141 Å². The van der Waals surface area contributed by atoms with Crippen molar-refractivity contribution in [2.75, 3.05) is 0 Å². The van der Waals surface area contributed by atoms with Crippen LogP contribution in [0.25, 0.3) is 34.2 Å². The molecule has 0 aliphatic heterocycles. The van der Waals surface area contributed by atoms with E-state index in [1.165, 1.54) is 32.9 Å². The number of nitrogens with zero attached hydrogens (tertiary/aromatic N) is 4. The molecule has 265 valence electrons. The van der Waals surface area contributed by atoms with E-state index in [4.69, 9.17) is 0 Å². The van der Waals surface area contributed by atoms with Crippen LogP contribution >= 0.6 is 0 Å². The smallest absolute Gasteiger partial charge is 0.144 e. The van der Waals surface area contributed by atoms with Crippen LogP contribution in [0.2, 0.25) is 39.3 Å². The number of hydrogen-bond donors (Lipinski definition) is 0. The van der Waals surface area contributed by atoms with Gasteiger partial charge in [0.2, 0.25) is 0 Å². The zero-order valence-corrected chi connectivity index (χ0v) is 35.1. The molecule has 0 spiro atoms. The summed E-state index contributed by atoms with van der Waals surface area (Å²) < 4.78 is 4.55. The van der Waals surface area contributed by atoms with E-state index in [-0.39, 0.29) is 27.5 Å². The number of aromatic nitrogens is 4. The Labute approximate surface area is 317 Å². The van der Waals surface area contributed by atoms with Crippen molar-refractivity contribution < 1.29 is 20.1 Å². The van der Waals surface area contributed by atoms with Gasteiger partial charge in [0.05, 0.1) is 22.0 Å². The van der Waals surface area contributed by atoms with Gasteiger partial charge in [-0.25, -0.2) is 4.98 Å². The zero-order valence-electron chi connectivity index (χ0n) is 30.7. The van der Waals surface area contributed by atoms with Crippen molar-refractivity contribution in [2.24, 2.45) is 0 Å². The van der Waals surface area contributed by atoms with Gasteiger partial charge >= 0.3 is 0 Å². The Hall–Kier alpha value is -3.62. The molecule has 0 atom stereocenters. The summed E-state index contributed by atoms with van der Waals surface area (Å²) in [5.41, 5.74) is 7.61. The summed E-state index contributed by atoms with van der Waals surface area (Å²) in [5.74, 6) is 2.92. The minimum Gasteiger partial charge on any atom is -0.340 e. The van der Waals surface area contributed by atoms with Crippen LogP contribution in [0.15, 0.2) is 116 Å². The number of para-hydroxylation sites is 2. The van der Waals surface area contributed by atoms with E-state index in [9.17, 15) is 0 Å². The van der Waals surface area contributed by atoms with Crippen LogP contribution in [0.4, 0.5) is 0 Å². The second-order valence-corrected chi connectivity index (χ2v) is 25.3. The first-order valence-electron chi connectivity index (χ1n) is 17.2. The topological polar surface area (TPSA) is 35.6 Å². The summed E-state index contributed by atoms with van der Waals surface area (Å²) in [7, 11) is -2.98. The average molecular weight is 876 g/mol. The molecule has 0 aliphatic rings. The molecule has 0 amide bonds. The maximum Gasteiger partial charge on any atom is 0.144 e. The van der Waals surface area contributed by atoms with E-state index in [0.717, 1.165) is 22.8 Å². The predicted octanol–water partition coefficient (Wildman–Crippen LogP) is 10.8. The van der Waals surface area contributed by atoms with Crippen molar-refractivity contribution >= 4 is 26.5 Å². The van der Waals surface area contributed by atoms with E-state index in [2.05, 4.69) is 171 Å². The average Bonchev–Trinajstić information content (AvgIpc) is 3.75. The maximum atomic E-state index is 4.66. The van der Waals surface area contributed by atoms with Crippen molar-refractivity contribution in [3.05, 3.63) is 133 Å². The normalized spacial score (nSPS) is 11.4. The summed E-state index contributed by atoms with van der Waals surface area (Å²) in [5, 5.41) is 2.97. The largest absolute Gasteiger partial charge is 0.340 e. The number of hydrogen-bond acceptors (Lipinski definition) is 2. The third-order valence-electron chi connectivity index (χ3n) is 8.74. The second-order valence-electron chi connectivity index (χ2n) is 15.2. The van der Waals surface area contributed by atoms with Crippen molar-refractivity contribution in [2.45, 2.75) is 86.2 Å². The molecule has 2 heterocycles. The van der Waals surface area contributed by atoms with Gasteiger partial charge in [0.25, 0.3) is 0 Å². The Kier molecular flexibility index (Phi) is 13.9. The van der Waals surface area contributed by atoms with Crippen LogP contribution in [-0.4, -0.2) is 35.2 Å². The van der Waals surface area contributed by atoms with Crippen molar-refractivity contribution in [3.8, 4) is 34.2 Å². The monoisotopic (exact) mass is 876 g/mol. The predicted molar refractivity (Wildman–Crippen MR) is 218 cm³/mol. The standard InChI is InChI=1S/C21H26N2Si.C21H25N2Si.CH4.Ir/c2*1-16(2)18-12-9-13-19(24(3,4)5)20(18)23-15-14-22-21(23)17-10-7-6-8-11-17;;/h6-16H,1-5H3;6-10,12-16H,1-5H3;1H4;/q;-1;;. The molecule has 0 aliphatic carbocycles. The molecular formula is C43H55IrN4Si2-. The van der Waals surface area contributed by atoms with Crippen molar-refractivity contribution in [1.82, 2.24) is 19.1 Å². The van der Waals surface area contributed by atoms with E-state index in [1.54, 1.807) is 0 Å². The Morgan fingerprint density at radius 1 is 0.560 bits per heavy atom. The molecule has 1 radical (unpaired) electrons. The SMILES string of the molecule is C.CC(C)c1cccc([Si](C)(C)C)c1-n1ccnc1-c1[c-]cccc1.CC(C)c1cccc([Si](C)(C)C)c1-n1ccnc1-c1ccccc1.[Ir]. The van der Waals surface area contributed by atoms with Crippen molar-refractivity contribution in [3.63, 3.8) is 0 Å². The molecular weight excluding hydrogens is 821 g/mol. The Balaban J connectivity index is 0.000000260. The van der Waals surface area contributed by atoms with Gasteiger partial charge in [-0.05, 0) is 33.3 Å². The minimum atomic E-state index is -1.49. The molecule has 0 fully saturated rings. The molecule has 0 unspecified atom stereocenters. The minimum absolute atomic E-state index is 0. The van der Waals surface area contributed by atoms with Crippen LogP contribution in [-0.2, 0) is 20.1 Å². The number of benzene rings is 4. The summed E-state index contributed by atoms with van der Waals surface area (Å²) in [4.78, 5) is 9.30. The van der Waals surface area contributed by atoms with Gasteiger partial charge in [0.15, 0.2) is 0 Å². The van der Waals surface area contributed by atoms with Crippen LogP contribution in [0.3, 0.4) is 0 Å². The zero-order chi connectivity index (χ0) is 34.6. The molecule has 4 aromatic carbocycles. The van der Waals surface area contributed by atoms with E-state index < -0.39 is 16.1 Å². The maximum absolute atomic E-state index is 4.66. The quantitative estimate of drug-likeness (QED) is 0.113. The first-order chi connectivity index (χ1) is 22.8. The van der Waals surface area contributed by atoms with Crippen LogP contribution in [0.5, 0.6) is 0 Å². The Morgan fingerprint density at radius 2 is 1.02 bits per heavy atom. The van der Waals surface area contributed by atoms with Gasteiger partial charge in [0, 0.05) is 61.8 Å². The Bertz CT molecular complexity index is 1800. The fourth-order valence-electron chi connectivity index (χ4n) is 6.30. The van der Waals surface area contributed by atoms with Crippen LogP contribution < -0.4 is 10.4 Å². The molecule has 0 saturated carbocycles. The molecule has 2 aromatic heterocycles. The summed E-state index contributed by atoms with van der Waals surface area (Å²) in [6.45, 7) is 23.5. The van der Waals surface area contributed by atoms with E-state index in [1.807, 2.05) is 36.7 Å². The van der Waals surface area contributed by atoms with Crippen LogP contribution in [0.1, 0.15) is 58.1 Å².